The maximum atomic E-state index is 11.8. The quantitative estimate of drug-likeness (QED) is 0.731. The van der Waals surface area contributed by atoms with Gasteiger partial charge in [0.1, 0.15) is 11.0 Å². The Morgan fingerprint density at radius 1 is 1.32 bits per heavy atom. The molecule has 1 fully saturated rings. The number of fused-ring (bicyclic) bond motifs is 1. The fourth-order valence-corrected chi connectivity index (χ4v) is 3.85. The SMILES string of the molecule is COCCNC(=O)CCC1CCN(Cc2ccc3nsnc3c2)CC1. The van der Waals surface area contributed by atoms with Gasteiger partial charge in [0.05, 0.1) is 18.3 Å². The lowest BCUT2D eigenvalue weighted by Gasteiger charge is -2.32. The molecule has 2 heterocycles. The summed E-state index contributed by atoms with van der Waals surface area (Å²) in [6, 6.07) is 6.36. The molecule has 1 amide bonds. The van der Waals surface area contributed by atoms with Crippen molar-refractivity contribution in [3.05, 3.63) is 23.8 Å². The van der Waals surface area contributed by atoms with Gasteiger partial charge in [-0.15, -0.1) is 0 Å². The van der Waals surface area contributed by atoms with Gasteiger partial charge in [-0.25, -0.2) is 0 Å². The van der Waals surface area contributed by atoms with E-state index in [9.17, 15) is 4.79 Å². The molecule has 136 valence electrons. The summed E-state index contributed by atoms with van der Waals surface area (Å²) in [7, 11) is 1.64. The number of nitrogens with zero attached hydrogens (tertiary/aromatic N) is 3. The topological polar surface area (TPSA) is 67.3 Å². The highest BCUT2D eigenvalue weighted by Gasteiger charge is 2.20. The van der Waals surface area contributed by atoms with E-state index in [0.717, 1.165) is 37.1 Å². The first-order valence-corrected chi connectivity index (χ1v) is 9.67. The van der Waals surface area contributed by atoms with Crippen molar-refractivity contribution in [2.75, 3.05) is 33.4 Å². The van der Waals surface area contributed by atoms with E-state index in [2.05, 4.69) is 37.2 Å². The number of amides is 1. The average molecular weight is 362 g/mol. The van der Waals surface area contributed by atoms with Crippen molar-refractivity contribution in [3.8, 4) is 0 Å². The molecule has 1 aliphatic heterocycles. The Morgan fingerprint density at radius 3 is 2.92 bits per heavy atom. The molecule has 0 bridgehead atoms. The van der Waals surface area contributed by atoms with E-state index in [0.29, 0.717) is 25.5 Å². The van der Waals surface area contributed by atoms with E-state index in [1.54, 1.807) is 7.11 Å². The van der Waals surface area contributed by atoms with Crippen molar-refractivity contribution in [3.63, 3.8) is 0 Å². The molecule has 3 rings (SSSR count). The van der Waals surface area contributed by atoms with Crippen molar-refractivity contribution < 1.29 is 9.53 Å². The number of methoxy groups -OCH3 is 1. The van der Waals surface area contributed by atoms with Gasteiger partial charge in [0.15, 0.2) is 0 Å². The Morgan fingerprint density at radius 2 is 2.12 bits per heavy atom. The number of carbonyl (C=O) groups is 1. The lowest BCUT2D eigenvalue weighted by atomic mass is 9.92. The summed E-state index contributed by atoms with van der Waals surface area (Å²) in [4.78, 5) is 14.3. The number of piperidine rings is 1. The molecule has 0 aliphatic carbocycles. The molecule has 0 saturated carbocycles. The first kappa shape index (κ1) is 18.2. The normalized spacial score (nSPS) is 16.4. The summed E-state index contributed by atoms with van der Waals surface area (Å²) in [5.41, 5.74) is 3.28. The van der Waals surface area contributed by atoms with Crippen LogP contribution in [0, 0.1) is 5.92 Å². The molecule has 0 radical (unpaired) electrons. The molecule has 0 atom stereocenters. The second-order valence-corrected chi connectivity index (χ2v) is 7.22. The first-order valence-electron chi connectivity index (χ1n) is 8.94. The molecule has 1 saturated heterocycles. The van der Waals surface area contributed by atoms with Gasteiger partial charge in [-0.3, -0.25) is 9.69 Å². The molecular formula is C18H26N4O2S. The number of carbonyl (C=O) groups excluding carboxylic acids is 1. The fraction of sp³-hybridized carbons (Fsp3) is 0.611. The van der Waals surface area contributed by atoms with E-state index < -0.39 is 0 Å². The minimum absolute atomic E-state index is 0.143. The molecule has 2 aromatic rings. The van der Waals surface area contributed by atoms with Crippen LogP contribution in [0.15, 0.2) is 18.2 Å². The van der Waals surface area contributed by atoms with E-state index in [-0.39, 0.29) is 5.91 Å². The molecule has 0 spiro atoms. The smallest absolute Gasteiger partial charge is 0.220 e. The maximum absolute atomic E-state index is 11.8. The van der Waals surface area contributed by atoms with Gasteiger partial charge in [-0.2, -0.15) is 8.75 Å². The largest absolute Gasteiger partial charge is 0.383 e. The van der Waals surface area contributed by atoms with E-state index in [1.807, 2.05) is 0 Å². The molecule has 1 N–H and O–H groups in total. The van der Waals surface area contributed by atoms with E-state index in [1.165, 1.54) is 30.1 Å². The van der Waals surface area contributed by atoms with Crippen LogP contribution >= 0.6 is 11.7 Å². The van der Waals surface area contributed by atoms with Crippen LogP contribution < -0.4 is 5.32 Å². The third-order valence-electron chi connectivity index (χ3n) is 4.84. The van der Waals surface area contributed by atoms with Gasteiger partial charge < -0.3 is 10.1 Å². The molecule has 0 unspecified atom stereocenters. The molecular weight excluding hydrogens is 336 g/mol. The third-order valence-corrected chi connectivity index (χ3v) is 5.40. The second-order valence-electron chi connectivity index (χ2n) is 6.69. The molecule has 7 heteroatoms. The number of nitrogens with one attached hydrogen (secondary N) is 1. The summed E-state index contributed by atoms with van der Waals surface area (Å²) >= 11 is 1.27. The van der Waals surface area contributed by atoms with Gasteiger partial charge in [0.25, 0.3) is 0 Å². The Labute approximate surface area is 152 Å². The van der Waals surface area contributed by atoms with Crippen LogP contribution in [0.2, 0.25) is 0 Å². The van der Waals surface area contributed by atoms with Crippen LogP contribution in [0.25, 0.3) is 11.0 Å². The Balaban J connectivity index is 1.37. The maximum Gasteiger partial charge on any atom is 0.220 e. The highest BCUT2D eigenvalue weighted by Crippen LogP contribution is 2.23. The van der Waals surface area contributed by atoms with Crippen molar-refractivity contribution in [2.45, 2.75) is 32.2 Å². The molecule has 6 nitrogen and oxygen atoms in total. The zero-order valence-corrected chi connectivity index (χ0v) is 15.6. The third kappa shape index (κ3) is 5.45. The number of hydrogen-bond acceptors (Lipinski definition) is 6. The van der Waals surface area contributed by atoms with Crippen LogP contribution in [0.4, 0.5) is 0 Å². The van der Waals surface area contributed by atoms with E-state index >= 15 is 0 Å². The minimum atomic E-state index is 0.143. The van der Waals surface area contributed by atoms with Gasteiger partial charge in [0, 0.05) is 26.6 Å². The highest BCUT2D eigenvalue weighted by atomic mass is 32.1. The number of rotatable bonds is 8. The van der Waals surface area contributed by atoms with Crippen LogP contribution in [-0.4, -0.2) is 52.9 Å². The Kier molecular flexibility index (Phi) is 6.72. The number of benzene rings is 1. The zero-order valence-electron chi connectivity index (χ0n) is 14.7. The number of ether oxygens (including phenoxy) is 1. The standard InChI is InChI=1S/C18H26N4O2S/c1-24-11-8-19-18(23)5-3-14-6-9-22(10-7-14)13-15-2-4-16-17(12-15)21-25-20-16/h2,4,12,14H,3,5-11,13H2,1H3,(H,19,23). The van der Waals surface area contributed by atoms with Crippen LogP contribution in [-0.2, 0) is 16.1 Å². The first-order chi connectivity index (χ1) is 12.2. The van der Waals surface area contributed by atoms with Crippen LogP contribution in [0.3, 0.4) is 0 Å². The van der Waals surface area contributed by atoms with Crippen molar-refractivity contribution in [2.24, 2.45) is 5.92 Å². The number of aromatic nitrogens is 2. The predicted molar refractivity (Wildman–Crippen MR) is 99.5 cm³/mol. The van der Waals surface area contributed by atoms with Gasteiger partial charge in [-0.05, 0) is 56.0 Å². The lowest BCUT2D eigenvalue weighted by Crippen LogP contribution is -2.34. The van der Waals surface area contributed by atoms with Crippen molar-refractivity contribution >= 4 is 28.7 Å². The minimum Gasteiger partial charge on any atom is -0.383 e. The van der Waals surface area contributed by atoms with Crippen molar-refractivity contribution in [1.29, 1.82) is 0 Å². The predicted octanol–water partition coefficient (Wildman–Crippen LogP) is 2.45. The van der Waals surface area contributed by atoms with Crippen LogP contribution in [0.5, 0.6) is 0 Å². The summed E-state index contributed by atoms with van der Waals surface area (Å²) in [5, 5.41) is 2.89. The molecule has 1 aromatic heterocycles. The number of hydrogen-bond donors (Lipinski definition) is 1. The molecule has 25 heavy (non-hydrogen) atoms. The lowest BCUT2D eigenvalue weighted by molar-refractivity contribution is -0.121. The summed E-state index contributed by atoms with van der Waals surface area (Å²) in [5.74, 6) is 0.805. The van der Waals surface area contributed by atoms with Crippen LogP contribution in [0.1, 0.15) is 31.2 Å². The highest BCUT2D eigenvalue weighted by molar-refractivity contribution is 7.00. The Hall–Kier alpha value is -1.57. The van der Waals surface area contributed by atoms with Gasteiger partial charge in [0.2, 0.25) is 5.91 Å². The summed E-state index contributed by atoms with van der Waals surface area (Å²) < 4.78 is 13.5. The fourth-order valence-electron chi connectivity index (χ4n) is 3.33. The van der Waals surface area contributed by atoms with Crippen molar-refractivity contribution in [1.82, 2.24) is 19.0 Å². The van der Waals surface area contributed by atoms with Gasteiger partial charge in [-0.1, -0.05) is 6.07 Å². The molecule has 1 aliphatic rings. The summed E-state index contributed by atoms with van der Waals surface area (Å²) in [6.07, 6.45) is 3.96. The molecule has 1 aromatic carbocycles. The summed E-state index contributed by atoms with van der Waals surface area (Å²) in [6.45, 7) is 4.35. The second kappa shape index (κ2) is 9.22. The van der Waals surface area contributed by atoms with E-state index in [4.69, 9.17) is 4.74 Å². The van der Waals surface area contributed by atoms with Gasteiger partial charge >= 0.3 is 0 Å². The average Bonchev–Trinajstić information content (AvgIpc) is 3.09. The number of likely N-dealkylation sites (tertiary alicyclic amines) is 1. The monoisotopic (exact) mass is 362 g/mol. The zero-order chi connectivity index (χ0) is 17.5. The Bertz CT molecular complexity index is 683.